The molecule has 0 fully saturated rings. The van der Waals surface area contributed by atoms with Gasteiger partial charge in [0.1, 0.15) is 5.76 Å². The fourth-order valence-electron chi connectivity index (χ4n) is 2.58. The zero-order valence-corrected chi connectivity index (χ0v) is 12.3. The molecule has 2 N–H and O–H groups in total. The fraction of sp³-hybridized carbons (Fsp3) is 0.118. The van der Waals surface area contributed by atoms with Crippen LogP contribution in [0.5, 0.6) is 0 Å². The van der Waals surface area contributed by atoms with Gasteiger partial charge < -0.3 is 14.8 Å². The van der Waals surface area contributed by atoms with Crippen LogP contribution >= 0.6 is 0 Å². The van der Waals surface area contributed by atoms with E-state index in [-0.39, 0.29) is 0 Å². The maximum absolute atomic E-state index is 5.82. The Hall–Kier alpha value is -2.99. The summed E-state index contributed by atoms with van der Waals surface area (Å²) < 4.78 is 10.4. The lowest BCUT2D eigenvalue weighted by atomic mass is 10.0. The fourth-order valence-corrected chi connectivity index (χ4v) is 2.58. The zero-order chi connectivity index (χ0) is 15.6. The molecule has 0 spiro atoms. The molecule has 4 rings (SSSR count). The van der Waals surface area contributed by atoms with Gasteiger partial charge >= 0.3 is 0 Å². The van der Waals surface area contributed by atoms with Crippen molar-refractivity contribution >= 4 is 10.8 Å². The molecule has 2 aromatic heterocycles. The molecule has 0 unspecified atom stereocenters. The number of hydrogen-bond acceptors (Lipinski definition) is 6. The van der Waals surface area contributed by atoms with E-state index in [4.69, 9.17) is 14.8 Å². The van der Waals surface area contributed by atoms with Crippen LogP contribution in [0.1, 0.15) is 17.1 Å². The quantitative estimate of drug-likeness (QED) is 0.623. The van der Waals surface area contributed by atoms with E-state index in [1.54, 1.807) is 12.3 Å². The van der Waals surface area contributed by atoms with Gasteiger partial charge in [-0.2, -0.15) is 4.98 Å². The van der Waals surface area contributed by atoms with Crippen molar-refractivity contribution in [3.05, 3.63) is 65.8 Å². The van der Waals surface area contributed by atoms with Gasteiger partial charge in [-0.15, -0.1) is 0 Å². The summed E-state index contributed by atoms with van der Waals surface area (Å²) in [5, 5.41) is 9.89. The average molecular weight is 306 g/mol. The van der Waals surface area contributed by atoms with Crippen molar-refractivity contribution in [1.29, 1.82) is 0 Å². The van der Waals surface area contributed by atoms with Gasteiger partial charge in [-0.3, -0.25) is 0 Å². The monoisotopic (exact) mass is 306 g/mol. The molecule has 23 heavy (non-hydrogen) atoms. The summed E-state index contributed by atoms with van der Waals surface area (Å²) in [5.74, 6) is 1.73. The Kier molecular flexibility index (Phi) is 3.36. The Morgan fingerprint density at radius 2 is 2.00 bits per heavy atom. The van der Waals surface area contributed by atoms with Crippen molar-refractivity contribution in [2.75, 3.05) is 0 Å². The molecule has 6 nitrogen and oxygen atoms in total. The van der Waals surface area contributed by atoms with Gasteiger partial charge in [0.25, 0.3) is 5.89 Å². The zero-order valence-electron chi connectivity index (χ0n) is 12.3. The van der Waals surface area contributed by atoms with E-state index >= 15 is 0 Å². The molecule has 114 valence electrons. The SMILES string of the molecule is NCc1cccc2ccc(-c3nc(Cc4ccno4)no3)cc12. The topological polar surface area (TPSA) is 91.0 Å². The molecule has 2 aromatic carbocycles. The minimum absolute atomic E-state index is 0.450. The molecule has 0 bridgehead atoms. The molecule has 0 aliphatic heterocycles. The smallest absolute Gasteiger partial charge is 0.257 e. The molecule has 6 heteroatoms. The minimum atomic E-state index is 0.450. The predicted octanol–water partition coefficient (Wildman–Crippen LogP) is 2.93. The molecule has 0 saturated heterocycles. The Bertz CT molecular complexity index is 944. The molecule has 0 radical (unpaired) electrons. The molecule has 4 aromatic rings. The second-order valence-corrected chi connectivity index (χ2v) is 5.23. The first-order chi connectivity index (χ1) is 11.3. The third-order valence-electron chi connectivity index (χ3n) is 3.73. The summed E-state index contributed by atoms with van der Waals surface area (Å²) in [4.78, 5) is 4.42. The largest absolute Gasteiger partial charge is 0.361 e. The van der Waals surface area contributed by atoms with Crippen LogP contribution in [0.15, 0.2) is 57.7 Å². The van der Waals surface area contributed by atoms with Crippen LogP contribution in [0.25, 0.3) is 22.2 Å². The molecule has 0 amide bonds. The van der Waals surface area contributed by atoms with Crippen LogP contribution in [-0.2, 0) is 13.0 Å². The Labute approximate surface area is 131 Å². The van der Waals surface area contributed by atoms with Gasteiger partial charge in [0.15, 0.2) is 5.82 Å². The molecular weight excluding hydrogens is 292 g/mol. The lowest BCUT2D eigenvalue weighted by Gasteiger charge is -2.05. The first-order valence-corrected chi connectivity index (χ1v) is 7.28. The molecule has 0 aliphatic rings. The summed E-state index contributed by atoms with van der Waals surface area (Å²) in [7, 11) is 0. The Morgan fingerprint density at radius 1 is 1.04 bits per heavy atom. The molecule has 2 heterocycles. The number of hydrogen-bond donors (Lipinski definition) is 1. The molecule has 0 saturated carbocycles. The van der Waals surface area contributed by atoms with E-state index in [2.05, 4.69) is 21.4 Å². The number of aromatic nitrogens is 3. The molecular formula is C17H14N4O2. The number of rotatable bonds is 4. The third kappa shape index (κ3) is 2.60. The van der Waals surface area contributed by atoms with Crippen LogP contribution in [-0.4, -0.2) is 15.3 Å². The maximum Gasteiger partial charge on any atom is 0.257 e. The normalized spacial score (nSPS) is 11.2. The van der Waals surface area contributed by atoms with Gasteiger partial charge in [0.05, 0.1) is 12.6 Å². The lowest BCUT2D eigenvalue weighted by Crippen LogP contribution is -1.97. The van der Waals surface area contributed by atoms with Crippen LogP contribution < -0.4 is 5.73 Å². The van der Waals surface area contributed by atoms with Crippen molar-refractivity contribution in [1.82, 2.24) is 15.3 Å². The number of nitrogens with zero attached hydrogens (tertiary/aromatic N) is 3. The first-order valence-electron chi connectivity index (χ1n) is 7.28. The third-order valence-corrected chi connectivity index (χ3v) is 3.73. The van der Waals surface area contributed by atoms with E-state index < -0.39 is 0 Å². The summed E-state index contributed by atoms with van der Waals surface area (Å²) in [6.45, 7) is 0.487. The number of fused-ring (bicyclic) bond motifs is 1. The highest BCUT2D eigenvalue weighted by Gasteiger charge is 2.12. The minimum Gasteiger partial charge on any atom is -0.361 e. The van der Waals surface area contributed by atoms with Crippen molar-refractivity contribution in [3.63, 3.8) is 0 Å². The second-order valence-electron chi connectivity index (χ2n) is 5.23. The molecule has 0 aliphatic carbocycles. The van der Waals surface area contributed by atoms with Crippen molar-refractivity contribution < 1.29 is 9.05 Å². The maximum atomic E-state index is 5.82. The van der Waals surface area contributed by atoms with Crippen LogP contribution in [0.2, 0.25) is 0 Å². The van der Waals surface area contributed by atoms with Gasteiger partial charge in [-0.25, -0.2) is 0 Å². The number of benzene rings is 2. The Morgan fingerprint density at radius 3 is 2.83 bits per heavy atom. The van der Waals surface area contributed by atoms with Crippen molar-refractivity contribution in [2.24, 2.45) is 5.73 Å². The van der Waals surface area contributed by atoms with Gasteiger partial charge in [-0.1, -0.05) is 34.6 Å². The van der Waals surface area contributed by atoms with E-state index in [1.165, 1.54) is 0 Å². The lowest BCUT2D eigenvalue weighted by molar-refractivity contribution is 0.382. The highest BCUT2D eigenvalue weighted by Crippen LogP contribution is 2.26. The van der Waals surface area contributed by atoms with E-state index in [9.17, 15) is 0 Å². The van der Waals surface area contributed by atoms with Crippen LogP contribution in [0, 0.1) is 0 Å². The standard InChI is InChI=1S/C17H14N4O2/c18-10-13-3-1-2-11-4-5-12(8-15(11)13)17-20-16(21-23-17)9-14-6-7-19-22-14/h1-8H,9-10,18H2. The van der Waals surface area contributed by atoms with Gasteiger partial charge in [-0.05, 0) is 28.5 Å². The summed E-state index contributed by atoms with van der Waals surface area (Å²) in [5.41, 5.74) is 7.78. The summed E-state index contributed by atoms with van der Waals surface area (Å²) in [6.07, 6.45) is 2.04. The van der Waals surface area contributed by atoms with Crippen molar-refractivity contribution in [3.8, 4) is 11.5 Å². The summed E-state index contributed by atoms with van der Waals surface area (Å²) in [6, 6.07) is 13.9. The number of nitrogens with two attached hydrogens (primary N) is 1. The van der Waals surface area contributed by atoms with E-state index in [1.807, 2.05) is 30.3 Å². The first kappa shape index (κ1) is 13.7. The highest BCUT2D eigenvalue weighted by molar-refractivity contribution is 5.89. The Balaban J connectivity index is 1.70. The van der Waals surface area contributed by atoms with Crippen LogP contribution in [0.4, 0.5) is 0 Å². The highest BCUT2D eigenvalue weighted by atomic mass is 16.5. The second kappa shape index (κ2) is 5.66. The summed E-state index contributed by atoms with van der Waals surface area (Å²) >= 11 is 0. The predicted molar refractivity (Wildman–Crippen MR) is 84.4 cm³/mol. The van der Waals surface area contributed by atoms with Gasteiger partial charge in [0.2, 0.25) is 0 Å². The van der Waals surface area contributed by atoms with Crippen LogP contribution in [0.3, 0.4) is 0 Å². The van der Waals surface area contributed by atoms with Crippen molar-refractivity contribution in [2.45, 2.75) is 13.0 Å². The molecule has 0 atom stereocenters. The van der Waals surface area contributed by atoms with E-state index in [0.29, 0.717) is 30.4 Å². The average Bonchev–Trinajstić information content (AvgIpc) is 3.26. The van der Waals surface area contributed by atoms with E-state index in [0.717, 1.165) is 21.9 Å². The van der Waals surface area contributed by atoms with Gasteiger partial charge in [0, 0.05) is 18.2 Å².